The van der Waals surface area contributed by atoms with E-state index in [1.54, 1.807) is 6.07 Å². The van der Waals surface area contributed by atoms with Gasteiger partial charge in [0.15, 0.2) is 11.6 Å². The van der Waals surface area contributed by atoms with Crippen LogP contribution in [0, 0.1) is 17.6 Å². The lowest BCUT2D eigenvalue weighted by Gasteiger charge is -2.40. The first-order valence-corrected chi connectivity index (χ1v) is 9.01. The number of carbonyl (C=O) groups is 1. The number of aromatic nitrogens is 2. The van der Waals surface area contributed by atoms with E-state index in [1.165, 1.54) is 12.4 Å². The molecule has 2 aliphatic rings. The lowest BCUT2D eigenvalue weighted by Crippen LogP contribution is -2.54. The van der Waals surface area contributed by atoms with Crippen LogP contribution >= 0.6 is 0 Å². The lowest BCUT2D eigenvalue weighted by atomic mass is 10.1. The first kappa shape index (κ1) is 17.6. The van der Waals surface area contributed by atoms with E-state index >= 15 is 0 Å². The number of rotatable bonds is 4. The van der Waals surface area contributed by atoms with Crippen LogP contribution in [-0.4, -0.2) is 46.5 Å². The minimum Gasteiger partial charge on any atom is -0.439 e. The van der Waals surface area contributed by atoms with Gasteiger partial charge in [0.05, 0.1) is 0 Å². The Labute approximate surface area is 155 Å². The molecule has 142 valence electrons. The predicted octanol–water partition coefficient (Wildman–Crippen LogP) is 2.99. The van der Waals surface area contributed by atoms with Crippen LogP contribution in [0.25, 0.3) is 0 Å². The van der Waals surface area contributed by atoms with Gasteiger partial charge in [-0.25, -0.2) is 18.7 Å². The van der Waals surface area contributed by atoms with E-state index in [4.69, 9.17) is 4.74 Å². The van der Waals surface area contributed by atoms with Crippen molar-refractivity contribution in [3.63, 3.8) is 0 Å². The van der Waals surface area contributed by atoms with Crippen molar-refractivity contribution in [3.05, 3.63) is 42.2 Å². The van der Waals surface area contributed by atoms with Gasteiger partial charge >= 0.3 is 0 Å². The van der Waals surface area contributed by atoms with Crippen LogP contribution in [0.5, 0.6) is 11.6 Å². The Balaban J connectivity index is 1.44. The number of ether oxygens (including phenoxy) is 1. The molecular formula is C19H20F2N4O2. The Kier molecular flexibility index (Phi) is 4.63. The smallest absolute Gasteiger partial charge is 0.226 e. The predicted molar refractivity (Wildman–Crippen MR) is 94.6 cm³/mol. The fourth-order valence-corrected chi connectivity index (χ4v) is 3.28. The van der Waals surface area contributed by atoms with Gasteiger partial charge in [-0.1, -0.05) is 0 Å². The SMILES string of the molecule is C[C@@H]1CN(c2cc(Oc3ccc(F)c(F)c3)ncn2)CCN1C(=O)C1CC1. The number of nitrogens with zero attached hydrogens (tertiary/aromatic N) is 4. The molecule has 0 radical (unpaired) electrons. The maximum atomic E-state index is 13.3. The van der Waals surface area contributed by atoms with Gasteiger partial charge in [-0.2, -0.15) is 0 Å². The van der Waals surface area contributed by atoms with Crippen molar-refractivity contribution in [1.29, 1.82) is 0 Å². The van der Waals surface area contributed by atoms with E-state index in [0.29, 0.717) is 25.5 Å². The van der Waals surface area contributed by atoms with Gasteiger partial charge in [0, 0.05) is 43.7 Å². The molecule has 6 nitrogen and oxygen atoms in total. The molecule has 1 atom stereocenters. The van der Waals surface area contributed by atoms with E-state index in [1.807, 2.05) is 11.8 Å². The van der Waals surface area contributed by atoms with E-state index in [2.05, 4.69) is 14.9 Å². The molecule has 1 aromatic heterocycles. The molecule has 8 heteroatoms. The van der Waals surface area contributed by atoms with Crippen LogP contribution in [0.3, 0.4) is 0 Å². The second-order valence-corrected chi connectivity index (χ2v) is 6.99. The highest BCUT2D eigenvalue weighted by atomic mass is 19.2. The summed E-state index contributed by atoms with van der Waals surface area (Å²) in [5.74, 6) is -0.360. The second kappa shape index (κ2) is 7.09. The van der Waals surface area contributed by atoms with Gasteiger partial charge in [0.25, 0.3) is 0 Å². The summed E-state index contributed by atoms with van der Waals surface area (Å²) < 4.78 is 31.9. The summed E-state index contributed by atoms with van der Waals surface area (Å²) in [7, 11) is 0. The van der Waals surface area contributed by atoms with Gasteiger partial charge < -0.3 is 14.5 Å². The molecule has 1 aliphatic heterocycles. The number of piperazine rings is 1. The van der Waals surface area contributed by atoms with Crippen molar-refractivity contribution in [2.45, 2.75) is 25.8 Å². The molecule has 2 aromatic rings. The van der Waals surface area contributed by atoms with Crippen molar-refractivity contribution < 1.29 is 18.3 Å². The fraction of sp³-hybridized carbons (Fsp3) is 0.421. The zero-order valence-electron chi connectivity index (χ0n) is 14.9. The Hall–Kier alpha value is -2.77. The van der Waals surface area contributed by atoms with E-state index in [-0.39, 0.29) is 29.5 Å². The first-order chi connectivity index (χ1) is 13.0. The first-order valence-electron chi connectivity index (χ1n) is 9.01. The van der Waals surface area contributed by atoms with Gasteiger partial charge in [0.1, 0.15) is 17.9 Å². The maximum Gasteiger partial charge on any atom is 0.226 e. The Morgan fingerprint density at radius 3 is 2.67 bits per heavy atom. The van der Waals surface area contributed by atoms with Crippen LogP contribution in [-0.2, 0) is 4.79 Å². The molecule has 1 saturated carbocycles. The highest BCUT2D eigenvalue weighted by molar-refractivity contribution is 5.81. The number of anilines is 1. The molecule has 0 bridgehead atoms. The summed E-state index contributed by atoms with van der Waals surface area (Å²) in [6.45, 7) is 4.02. The molecule has 0 spiro atoms. The number of carbonyl (C=O) groups excluding carboxylic acids is 1. The van der Waals surface area contributed by atoms with Gasteiger partial charge in [-0.15, -0.1) is 0 Å². The summed E-state index contributed by atoms with van der Waals surface area (Å²) >= 11 is 0. The molecule has 2 heterocycles. The average Bonchev–Trinajstić information content (AvgIpc) is 3.50. The number of hydrogen-bond acceptors (Lipinski definition) is 5. The summed E-state index contributed by atoms with van der Waals surface area (Å²) in [6, 6.07) is 5.07. The second-order valence-electron chi connectivity index (χ2n) is 6.99. The Morgan fingerprint density at radius 2 is 1.96 bits per heavy atom. The molecular weight excluding hydrogens is 354 g/mol. The molecule has 0 unspecified atom stereocenters. The third-order valence-corrected chi connectivity index (χ3v) is 4.90. The summed E-state index contributed by atoms with van der Waals surface area (Å²) in [5, 5.41) is 0. The highest BCUT2D eigenvalue weighted by Crippen LogP contribution is 2.32. The van der Waals surface area contributed by atoms with Gasteiger partial charge in [0.2, 0.25) is 11.8 Å². The zero-order chi connectivity index (χ0) is 19.0. The normalized spacial score (nSPS) is 19.9. The molecule has 1 saturated heterocycles. The van der Waals surface area contributed by atoms with Gasteiger partial charge in [-0.3, -0.25) is 4.79 Å². The topological polar surface area (TPSA) is 58.6 Å². The van der Waals surface area contributed by atoms with E-state index in [0.717, 1.165) is 25.0 Å². The van der Waals surface area contributed by atoms with Crippen LogP contribution in [0.4, 0.5) is 14.6 Å². The van der Waals surface area contributed by atoms with Crippen molar-refractivity contribution in [1.82, 2.24) is 14.9 Å². The molecule has 27 heavy (non-hydrogen) atoms. The molecule has 1 aliphatic carbocycles. The van der Waals surface area contributed by atoms with Crippen molar-refractivity contribution >= 4 is 11.7 Å². The van der Waals surface area contributed by atoms with Crippen LogP contribution in [0.2, 0.25) is 0 Å². The third-order valence-electron chi connectivity index (χ3n) is 4.90. The summed E-state index contributed by atoms with van der Waals surface area (Å²) in [5.41, 5.74) is 0. The lowest BCUT2D eigenvalue weighted by molar-refractivity contribution is -0.134. The third kappa shape index (κ3) is 3.84. The number of amides is 1. The molecule has 1 amide bonds. The van der Waals surface area contributed by atoms with E-state index < -0.39 is 11.6 Å². The minimum atomic E-state index is -0.980. The number of hydrogen-bond donors (Lipinski definition) is 0. The number of benzene rings is 1. The summed E-state index contributed by atoms with van der Waals surface area (Å²) in [4.78, 5) is 24.7. The largest absolute Gasteiger partial charge is 0.439 e. The monoisotopic (exact) mass is 374 g/mol. The summed E-state index contributed by atoms with van der Waals surface area (Å²) in [6.07, 6.45) is 3.38. The zero-order valence-corrected chi connectivity index (χ0v) is 14.9. The van der Waals surface area contributed by atoms with Gasteiger partial charge in [-0.05, 0) is 31.9 Å². The number of halogens is 2. The Morgan fingerprint density at radius 1 is 1.15 bits per heavy atom. The maximum absolute atomic E-state index is 13.3. The van der Waals surface area contributed by atoms with Crippen molar-refractivity contribution in [2.75, 3.05) is 24.5 Å². The molecule has 2 fully saturated rings. The minimum absolute atomic E-state index is 0.0948. The van der Waals surface area contributed by atoms with E-state index in [9.17, 15) is 13.6 Å². The van der Waals surface area contributed by atoms with Crippen LogP contribution < -0.4 is 9.64 Å². The Bertz CT molecular complexity index is 859. The average molecular weight is 374 g/mol. The molecule has 1 aromatic carbocycles. The quantitative estimate of drug-likeness (QED) is 0.824. The fourth-order valence-electron chi connectivity index (χ4n) is 3.28. The highest BCUT2D eigenvalue weighted by Gasteiger charge is 2.37. The van der Waals surface area contributed by atoms with Crippen LogP contribution in [0.1, 0.15) is 19.8 Å². The standard InChI is InChI=1S/C19H20F2N4O2/c1-12-10-24(6-7-25(12)19(26)13-2-3-13)17-9-18(23-11-22-17)27-14-4-5-15(20)16(21)8-14/h4-5,8-9,11-13H,2-3,6-7,10H2,1H3/t12-/m1/s1. The molecule has 4 rings (SSSR count). The van der Waals surface area contributed by atoms with Crippen molar-refractivity contribution in [2.24, 2.45) is 5.92 Å². The van der Waals surface area contributed by atoms with Crippen molar-refractivity contribution in [3.8, 4) is 11.6 Å². The molecule has 0 N–H and O–H groups in total. The van der Waals surface area contributed by atoms with Crippen LogP contribution in [0.15, 0.2) is 30.6 Å².